The zero-order valence-electron chi connectivity index (χ0n) is 14.1. The molecule has 0 amide bonds. The van der Waals surface area contributed by atoms with E-state index in [-0.39, 0.29) is 5.78 Å². The number of Topliss-reactive ketones (excluding diaryl/α,β-unsaturated/α-hetero) is 1. The molecule has 0 aliphatic heterocycles. The van der Waals surface area contributed by atoms with Crippen molar-refractivity contribution in [1.82, 2.24) is 9.97 Å². The van der Waals surface area contributed by atoms with E-state index in [1.807, 2.05) is 31.2 Å². The number of nitrogens with one attached hydrogen (secondary N) is 1. The lowest BCUT2D eigenvalue weighted by atomic mass is 10.0. The van der Waals surface area contributed by atoms with Crippen LogP contribution in [0.5, 0.6) is 0 Å². The highest BCUT2D eigenvalue weighted by Crippen LogP contribution is 2.30. The van der Waals surface area contributed by atoms with E-state index in [1.54, 1.807) is 18.3 Å². The van der Waals surface area contributed by atoms with Crippen molar-refractivity contribution in [2.45, 2.75) is 33.6 Å². The van der Waals surface area contributed by atoms with E-state index in [9.17, 15) is 4.79 Å². The van der Waals surface area contributed by atoms with Gasteiger partial charge in [-0.2, -0.15) is 0 Å². The van der Waals surface area contributed by atoms with Crippen LogP contribution in [0.3, 0.4) is 0 Å². The molecular formula is C19H21N3OS. The molecule has 0 aliphatic rings. The third-order valence-corrected chi connectivity index (χ3v) is 4.99. The SMILES string of the molecule is CCc1c(-c2csc(Cc3ccc(N)cc3)n2)[nH]c(C)c1C(C)=O. The van der Waals surface area contributed by atoms with Crippen LogP contribution >= 0.6 is 11.3 Å². The van der Waals surface area contributed by atoms with Crippen LogP contribution in [0.1, 0.15) is 46.0 Å². The van der Waals surface area contributed by atoms with Gasteiger partial charge in [-0.15, -0.1) is 11.3 Å². The average Bonchev–Trinajstić information content (AvgIpc) is 3.13. The number of carbonyl (C=O) groups excluding carboxylic acids is 1. The molecule has 0 fully saturated rings. The molecule has 0 bridgehead atoms. The maximum atomic E-state index is 11.9. The number of nitrogens with zero attached hydrogens (tertiary/aromatic N) is 1. The van der Waals surface area contributed by atoms with E-state index >= 15 is 0 Å². The summed E-state index contributed by atoms with van der Waals surface area (Å²) in [5.74, 6) is 0.101. The molecule has 124 valence electrons. The number of ketones is 1. The van der Waals surface area contributed by atoms with Gasteiger partial charge >= 0.3 is 0 Å². The van der Waals surface area contributed by atoms with Gasteiger partial charge in [-0.3, -0.25) is 4.79 Å². The van der Waals surface area contributed by atoms with Crippen molar-refractivity contribution in [3.05, 3.63) is 57.0 Å². The fourth-order valence-electron chi connectivity index (χ4n) is 3.04. The minimum atomic E-state index is 0.101. The van der Waals surface area contributed by atoms with Gasteiger partial charge in [0.1, 0.15) is 0 Å². The zero-order chi connectivity index (χ0) is 17.3. The molecule has 4 nitrogen and oxygen atoms in total. The molecule has 0 radical (unpaired) electrons. The van der Waals surface area contributed by atoms with Crippen LogP contribution in [-0.2, 0) is 12.8 Å². The quantitative estimate of drug-likeness (QED) is 0.535. The summed E-state index contributed by atoms with van der Waals surface area (Å²) in [7, 11) is 0. The Hall–Kier alpha value is -2.40. The van der Waals surface area contributed by atoms with Crippen LogP contribution in [0.2, 0.25) is 0 Å². The Bertz CT molecular complexity index is 875. The third kappa shape index (κ3) is 3.12. The molecule has 0 aliphatic carbocycles. The molecule has 0 saturated heterocycles. The number of benzene rings is 1. The van der Waals surface area contributed by atoms with Crippen molar-refractivity contribution in [3.8, 4) is 11.4 Å². The third-order valence-electron chi connectivity index (χ3n) is 4.14. The smallest absolute Gasteiger partial charge is 0.161 e. The molecule has 3 N–H and O–H groups in total. The molecule has 0 atom stereocenters. The fraction of sp³-hybridized carbons (Fsp3) is 0.263. The van der Waals surface area contributed by atoms with Gasteiger partial charge in [0, 0.05) is 28.7 Å². The Kier molecular flexibility index (Phi) is 4.53. The van der Waals surface area contributed by atoms with Gasteiger partial charge in [0.05, 0.1) is 16.4 Å². The molecule has 0 spiro atoms. The summed E-state index contributed by atoms with van der Waals surface area (Å²) >= 11 is 1.64. The summed E-state index contributed by atoms with van der Waals surface area (Å²) in [6, 6.07) is 7.88. The molecular weight excluding hydrogens is 318 g/mol. The van der Waals surface area contributed by atoms with E-state index in [2.05, 4.69) is 17.3 Å². The first-order chi connectivity index (χ1) is 11.5. The number of nitrogen functional groups attached to an aromatic ring is 1. The van der Waals surface area contributed by atoms with Crippen molar-refractivity contribution in [2.75, 3.05) is 5.73 Å². The minimum absolute atomic E-state index is 0.101. The van der Waals surface area contributed by atoms with E-state index in [4.69, 9.17) is 10.7 Å². The zero-order valence-corrected chi connectivity index (χ0v) is 15.0. The van der Waals surface area contributed by atoms with Crippen molar-refractivity contribution in [1.29, 1.82) is 0 Å². The molecule has 1 aromatic carbocycles. The number of aromatic amines is 1. The number of nitrogens with two attached hydrogens (primary N) is 1. The maximum absolute atomic E-state index is 11.9. The van der Waals surface area contributed by atoms with Gasteiger partial charge < -0.3 is 10.7 Å². The molecule has 2 heterocycles. The first-order valence-corrected chi connectivity index (χ1v) is 8.89. The Labute approximate surface area is 145 Å². The summed E-state index contributed by atoms with van der Waals surface area (Å²) in [5, 5.41) is 3.11. The molecule has 2 aromatic heterocycles. The molecule has 0 saturated carbocycles. The second kappa shape index (κ2) is 6.61. The first kappa shape index (κ1) is 16.5. The number of aromatic nitrogens is 2. The van der Waals surface area contributed by atoms with E-state index in [1.165, 1.54) is 5.56 Å². The van der Waals surface area contributed by atoms with Gasteiger partial charge in [0.25, 0.3) is 0 Å². The van der Waals surface area contributed by atoms with Crippen LogP contribution < -0.4 is 5.73 Å². The summed E-state index contributed by atoms with van der Waals surface area (Å²) in [4.78, 5) is 20.0. The van der Waals surface area contributed by atoms with Crippen molar-refractivity contribution in [3.63, 3.8) is 0 Å². The predicted octanol–water partition coefficient (Wildman–Crippen LogP) is 4.38. The summed E-state index contributed by atoms with van der Waals surface area (Å²) in [6.45, 7) is 5.63. The standard InChI is InChI=1S/C19H21N3OS/c1-4-15-18(12(3)23)11(2)21-19(15)16-10-24-17(22-16)9-13-5-7-14(20)8-6-13/h5-8,10,21H,4,9,20H2,1-3H3. The van der Waals surface area contributed by atoms with Crippen molar-refractivity contribution < 1.29 is 4.79 Å². The summed E-state index contributed by atoms with van der Waals surface area (Å²) in [5.41, 5.74) is 12.4. The fourth-order valence-corrected chi connectivity index (χ4v) is 3.86. The molecule has 24 heavy (non-hydrogen) atoms. The normalized spacial score (nSPS) is 11.0. The average molecular weight is 339 g/mol. The van der Waals surface area contributed by atoms with Crippen molar-refractivity contribution >= 4 is 22.8 Å². The van der Waals surface area contributed by atoms with Crippen LogP contribution in [0.4, 0.5) is 5.69 Å². The van der Waals surface area contributed by atoms with E-state index < -0.39 is 0 Å². The van der Waals surface area contributed by atoms with Gasteiger partial charge in [-0.1, -0.05) is 19.1 Å². The predicted molar refractivity (Wildman–Crippen MR) is 99.7 cm³/mol. The lowest BCUT2D eigenvalue weighted by Gasteiger charge is -2.01. The van der Waals surface area contributed by atoms with Gasteiger partial charge in [0.15, 0.2) is 5.78 Å². The number of aryl methyl sites for hydroxylation is 1. The molecule has 3 aromatic rings. The van der Waals surface area contributed by atoms with Crippen LogP contribution in [0.25, 0.3) is 11.4 Å². The van der Waals surface area contributed by atoms with Gasteiger partial charge in [-0.05, 0) is 43.5 Å². The Balaban J connectivity index is 1.92. The highest BCUT2D eigenvalue weighted by atomic mass is 32.1. The topological polar surface area (TPSA) is 71.8 Å². The largest absolute Gasteiger partial charge is 0.399 e. The minimum Gasteiger partial charge on any atom is -0.399 e. The highest BCUT2D eigenvalue weighted by Gasteiger charge is 2.19. The van der Waals surface area contributed by atoms with Crippen molar-refractivity contribution in [2.24, 2.45) is 0 Å². The first-order valence-electron chi connectivity index (χ1n) is 8.01. The lowest BCUT2D eigenvalue weighted by molar-refractivity contribution is 0.101. The Morgan fingerprint density at radius 1 is 1.29 bits per heavy atom. The van der Waals surface area contributed by atoms with Crippen LogP contribution in [0, 0.1) is 6.92 Å². The molecule has 0 unspecified atom stereocenters. The number of hydrogen-bond acceptors (Lipinski definition) is 4. The molecule has 5 heteroatoms. The second-order valence-corrected chi connectivity index (χ2v) is 6.88. The highest BCUT2D eigenvalue weighted by molar-refractivity contribution is 7.10. The number of rotatable bonds is 5. The Morgan fingerprint density at radius 3 is 2.62 bits per heavy atom. The monoisotopic (exact) mass is 339 g/mol. The number of carbonyl (C=O) groups is 1. The van der Waals surface area contributed by atoms with Gasteiger partial charge in [0.2, 0.25) is 0 Å². The number of anilines is 1. The van der Waals surface area contributed by atoms with E-state index in [0.717, 1.165) is 51.7 Å². The second-order valence-electron chi connectivity index (χ2n) is 5.93. The number of H-pyrrole nitrogens is 1. The molecule has 3 rings (SSSR count). The number of thiazole rings is 1. The van der Waals surface area contributed by atoms with Crippen LogP contribution in [-0.4, -0.2) is 15.8 Å². The number of hydrogen-bond donors (Lipinski definition) is 2. The van der Waals surface area contributed by atoms with Gasteiger partial charge in [-0.25, -0.2) is 4.98 Å². The maximum Gasteiger partial charge on any atom is 0.161 e. The lowest BCUT2D eigenvalue weighted by Crippen LogP contribution is -1.97. The summed E-state index contributed by atoms with van der Waals surface area (Å²) in [6.07, 6.45) is 1.59. The summed E-state index contributed by atoms with van der Waals surface area (Å²) < 4.78 is 0. The van der Waals surface area contributed by atoms with Crippen LogP contribution in [0.15, 0.2) is 29.6 Å². The Morgan fingerprint density at radius 2 is 2.00 bits per heavy atom. The van der Waals surface area contributed by atoms with E-state index in [0.29, 0.717) is 0 Å².